The monoisotopic (exact) mass is 462 g/mol. The molecule has 0 spiro atoms. The van der Waals surface area contributed by atoms with Gasteiger partial charge in [0.25, 0.3) is 5.69 Å². The molecule has 34 heavy (non-hydrogen) atoms. The molecule has 6 rings (SSSR count). The lowest BCUT2D eigenvalue weighted by molar-refractivity contribution is -0.384. The zero-order valence-corrected chi connectivity index (χ0v) is 18.9. The molecule has 0 saturated heterocycles. The van der Waals surface area contributed by atoms with Crippen molar-refractivity contribution in [3.63, 3.8) is 0 Å². The number of hydrogen-bond acceptors (Lipinski definition) is 2. The molecule has 5 heteroatoms. The third-order valence-corrected chi connectivity index (χ3v) is 6.65. The molecule has 0 atom stereocenters. The number of non-ortho nitro benzene ring substituents is 1. The lowest BCUT2D eigenvalue weighted by atomic mass is 10.0. The molecule has 0 fully saturated rings. The van der Waals surface area contributed by atoms with Gasteiger partial charge in [-0.15, -0.1) is 0 Å². The van der Waals surface area contributed by atoms with E-state index in [1.807, 2.05) is 54.6 Å². The van der Waals surface area contributed by atoms with Crippen LogP contribution in [0.15, 0.2) is 97.2 Å². The second-order valence-corrected chi connectivity index (χ2v) is 8.88. The number of nitrogens with zero attached hydrogens (tertiary/aromatic N) is 2. The molecule has 164 valence electrons. The van der Waals surface area contributed by atoms with E-state index in [1.165, 1.54) is 0 Å². The quantitative estimate of drug-likeness (QED) is 0.198. The standard InChI is InChI=1S/C29H19ClN2O2/c30-21-11-9-19(10-12-21)17-31-18-20(23-5-3-4-8-29(23)31)15-27-25-7-2-1-6-24(25)26-14-13-22(32(33)34)16-28(26)27/h1-16,18H,17H2/b27-15+. The molecular formula is C29H19ClN2O2. The summed E-state index contributed by atoms with van der Waals surface area (Å²) in [4.78, 5) is 11.2. The fourth-order valence-electron chi connectivity index (χ4n) is 4.82. The van der Waals surface area contributed by atoms with Crippen molar-refractivity contribution in [2.45, 2.75) is 6.54 Å². The summed E-state index contributed by atoms with van der Waals surface area (Å²) in [5.74, 6) is 0. The third kappa shape index (κ3) is 3.40. The minimum atomic E-state index is -0.334. The first kappa shape index (κ1) is 20.5. The Bertz CT molecular complexity index is 1610. The predicted molar refractivity (Wildman–Crippen MR) is 138 cm³/mol. The number of aromatic nitrogens is 1. The minimum Gasteiger partial charge on any atom is -0.342 e. The lowest BCUT2D eigenvalue weighted by Gasteiger charge is -2.05. The van der Waals surface area contributed by atoms with Crippen LogP contribution in [-0.4, -0.2) is 9.49 Å². The number of nitro benzene ring substituents is 1. The lowest BCUT2D eigenvalue weighted by Crippen LogP contribution is -1.97. The minimum absolute atomic E-state index is 0.0997. The second kappa shape index (κ2) is 8.01. The molecule has 1 aliphatic rings. The van der Waals surface area contributed by atoms with Gasteiger partial charge in [0.05, 0.1) is 4.92 Å². The summed E-state index contributed by atoms with van der Waals surface area (Å²) in [5.41, 5.74) is 8.59. The predicted octanol–water partition coefficient (Wildman–Crippen LogP) is 7.82. The zero-order chi connectivity index (χ0) is 23.2. The summed E-state index contributed by atoms with van der Waals surface area (Å²) >= 11 is 6.07. The molecule has 0 saturated carbocycles. The number of halogens is 1. The molecule has 0 aliphatic heterocycles. The Morgan fingerprint density at radius 2 is 1.53 bits per heavy atom. The van der Waals surface area contributed by atoms with E-state index in [1.54, 1.807) is 12.1 Å². The fraction of sp³-hybridized carbons (Fsp3) is 0.0345. The molecule has 1 aromatic heterocycles. The highest BCUT2D eigenvalue weighted by Gasteiger charge is 2.25. The largest absolute Gasteiger partial charge is 0.342 e. The number of hydrogen-bond donors (Lipinski definition) is 0. The van der Waals surface area contributed by atoms with Gasteiger partial charge < -0.3 is 4.57 Å². The van der Waals surface area contributed by atoms with E-state index < -0.39 is 0 Å². The van der Waals surface area contributed by atoms with Crippen LogP contribution in [0.3, 0.4) is 0 Å². The summed E-state index contributed by atoms with van der Waals surface area (Å²) in [5, 5.41) is 13.3. The van der Waals surface area contributed by atoms with Gasteiger partial charge in [0.15, 0.2) is 0 Å². The number of fused-ring (bicyclic) bond motifs is 4. The topological polar surface area (TPSA) is 48.1 Å². The maximum atomic E-state index is 11.5. The molecule has 4 nitrogen and oxygen atoms in total. The van der Waals surface area contributed by atoms with Crippen LogP contribution in [0.25, 0.3) is 33.7 Å². The van der Waals surface area contributed by atoms with E-state index in [4.69, 9.17) is 11.6 Å². The van der Waals surface area contributed by atoms with Crippen LogP contribution in [0.1, 0.15) is 22.3 Å². The fourth-order valence-corrected chi connectivity index (χ4v) is 4.95. The van der Waals surface area contributed by atoms with Crippen LogP contribution in [-0.2, 0) is 6.54 Å². The maximum absolute atomic E-state index is 11.5. The highest BCUT2D eigenvalue weighted by molar-refractivity contribution is 6.30. The SMILES string of the molecule is O=[N+]([O-])c1ccc2c(c1)/C(=C/c1cn(Cc3ccc(Cl)cc3)c3ccccc13)c1ccccc1-2. The van der Waals surface area contributed by atoms with Gasteiger partial charge in [-0.2, -0.15) is 0 Å². The normalized spacial score (nSPS) is 13.3. The third-order valence-electron chi connectivity index (χ3n) is 6.40. The highest BCUT2D eigenvalue weighted by atomic mass is 35.5. The number of nitro groups is 1. The molecule has 4 aromatic carbocycles. The van der Waals surface area contributed by atoms with Gasteiger partial charge in [0, 0.05) is 46.4 Å². The summed E-state index contributed by atoms with van der Waals surface area (Å²) < 4.78 is 2.24. The summed E-state index contributed by atoms with van der Waals surface area (Å²) in [6.07, 6.45) is 4.32. The van der Waals surface area contributed by atoms with E-state index in [9.17, 15) is 10.1 Å². The van der Waals surface area contributed by atoms with E-state index in [2.05, 4.69) is 41.1 Å². The first-order valence-corrected chi connectivity index (χ1v) is 11.4. The van der Waals surface area contributed by atoms with Crippen molar-refractivity contribution in [1.29, 1.82) is 0 Å². The molecule has 0 unspecified atom stereocenters. The van der Waals surface area contributed by atoms with Crippen molar-refractivity contribution >= 4 is 39.8 Å². The van der Waals surface area contributed by atoms with Gasteiger partial charge in [-0.3, -0.25) is 10.1 Å². The van der Waals surface area contributed by atoms with Crippen molar-refractivity contribution in [2.24, 2.45) is 0 Å². The highest BCUT2D eigenvalue weighted by Crippen LogP contribution is 2.46. The van der Waals surface area contributed by atoms with Crippen LogP contribution in [0.4, 0.5) is 5.69 Å². The summed E-state index contributed by atoms with van der Waals surface area (Å²) in [6, 6.07) is 29.5. The van der Waals surface area contributed by atoms with Crippen LogP contribution in [0, 0.1) is 10.1 Å². The van der Waals surface area contributed by atoms with Crippen molar-refractivity contribution in [1.82, 2.24) is 4.57 Å². The van der Waals surface area contributed by atoms with Crippen molar-refractivity contribution < 1.29 is 4.92 Å². The van der Waals surface area contributed by atoms with Crippen molar-refractivity contribution in [3.05, 3.63) is 135 Å². The van der Waals surface area contributed by atoms with Gasteiger partial charge >= 0.3 is 0 Å². The molecule has 0 amide bonds. The Morgan fingerprint density at radius 1 is 0.824 bits per heavy atom. The van der Waals surface area contributed by atoms with Gasteiger partial charge in [-0.1, -0.05) is 66.2 Å². The molecular weight excluding hydrogens is 444 g/mol. The molecule has 1 aliphatic carbocycles. The molecule has 0 N–H and O–H groups in total. The Balaban J connectivity index is 1.53. The van der Waals surface area contributed by atoms with Crippen LogP contribution in [0.2, 0.25) is 5.02 Å². The van der Waals surface area contributed by atoms with Crippen LogP contribution in [0.5, 0.6) is 0 Å². The first-order valence-electron chi connectivity index (χ1n) is 11.0. The Kier molecular flexibility index (Phi) is 4.82. The van der Waals surface area contributed by atoms with E-state index >= 15 is 0 Å². The molecule has 5 aromatic rings. The second-order valence-electron chi connectivity index (χ2n) is 8.45. The molecule has 0 radical (unpaired) electrons. The number of rotatable bonds is 4. The van der Waals surface area contributed by atoms with Crippen molar-refractivity contribution in [2.75, 3.05) is 0 Å². The van der Waals surface area contributed by atoms with E-state index in [0.717, 1.165) is 61.4 Å². The maximum Gasteiger partial charge on any atom is 0.270 e. The van der Waals surface area contributed by atoms with E-state index in [-0.39, 0.29) is 10.6 Å². The first-order chi connectivity index (χ1) is 16.6. The summed E-state index contributed by atoms with van der Waals surface area (Å²) in [6.45, 7) is 0.722. The van der Waals surface area contributed by atoms with Gasteiger partial charge in [0.1, 0.15) is 0 Å². The smallest absolute Gasteiger partial charge is 0.270 e. The van der Waals surface area contributed by atoms with Crippen LogP contribution < -0.4 is 0 Å². The Hall–Kier alpha value is -4.15. The zero-order valence-electron chi connectivity index (χ0n) is 18.1. The van der Waals surface area contributed by atoms with Gasteiger partial charge in [0.2, 0.25) is 0 Å². The average Bonchev–Trinajstić information content (AvgIpc) is 3.36. The van der Waals surface area contributed by atoms with Crippen LogP contribution >= 0.6 is 11.6 Å². The van der Waals surface area contributed by atoms with E-state index in [0.29, 0.717) is 0 Å². The number of para-hydroxylation sites is 1. The number of benzene rings is 4. The Labute approximate surface area is 201 Å². The Morgan fingerprint density at radius 3 is 2.32 bits per heavy atom. The average molecular weight is 463 g/mol. The molecule has 0 bridgehead atoms. The van der Waals surface area contributed by atoms with Crippen molar-refractivity contribution in [3.8, 4) is 11.1 Å². The van der Waals surface area contributed by atoms with Gasteiger partial charge in [-0.05, 0) is 63.7 Å². The summed E-state index contributed by atoms with van der Waals surface area (Å²) in [7, 11) is 0. The molecule has 1 heterocycles. The van der Waals surface area contributed by atoms with Gasteiger partial charge in [-0.25, -0.2) is 0 Å².